The lowest BCUT2D eigenvalue weighted by Crippen LogP contribution is -2.46. The molecule has 18 heavy (non-hydrogen) atoms. The summed E-state index contributed by atoms with van der Waals surface area (Å²) < 4.78 is 0. The Morgan fingerprint density at radius 1 is 1.50 bits per heavy atom. The highest BCUT2D eigenvalue weighted by atomic mass is 16.3. The summed E-state index contributed by atoms with van der Waals surface area (Å²) in [4.78, 5) is 10.8. The first-order chi connectivity index (χ1) is 8.57. The first kappa shape index (κ1) is 13.1. The number of β-amino-alcohol motifs (C(OH)–C–C–N with tert-alkyl or cyclic N) is 1. The number of aromatic nitrogens is 2. The van der Waals surface area contributed by atoms with Crippen LogP contribution in [0.25, 0.3) is 0 Å². The predicted octanol–water partition coefficient (Wildman–Crippen LogP) is 1.43. The van der Waals surface area contributed by atoms with E-state index in [1.165, 1.54) is 0 Å². The summed E-state index contributed by atoms with van der Waals surface area (Å²) in [6.45, 7) is 5.58. The molecule has 2 heterocycles. The molecule has 1 atom stereocenters. The van der Waals surface area contributed by atoms with Crippen LogP contribution in [0.1, 0.15) is 32.3 Å². The summed E-state index contributed by atoms with van der Waals surface area (Å²) in [5, 5.41) is 13.3. The van der Waals surface area contributed by atoms with Crippen LogP contribution >= 0.6 is 0 Å². The van der Waals surface area contributed by atoms with Crippen molar-refractivity contribution in [3.8, 4) is 0 Å². The van der Waals surface area contributed by atoms with Crippen LogP contribution in [0.5, 0.6) is 0 Å². The van der Waals surface area contributed by atoms with Crippen molar-refractivity contribution >= 4 is 11.6 Å². The van der Waals surface area contributed by atoms with E-state index in [4.69, 9.17) is 0 Å². The van der Waals surface area contributed by atoms with Gasteiger partial charge in [0.1, 0.15) is 18.0 Å². The van der Waals surface area contributed by atoms with Gasteiger partial charge in [0.2, 0.25) is 0 Å². The fourth-order valence-corrected chi connectivity index (χ4v) is 2.62. The molecule has 1 aliphatic heterocycles. The van der Waals surface area contributed by atoms with Gasteiger partial charge in [-0.15, -0.1) is 0 Å². The second-order valence-corrected chi connectivity index (χ2v) is 5.15. The highest BCUT2D eigenvalue weighted by Gasteiger charge is 2.30. The summed E-state index contributed by atoms with van der Waals surface area (Å²) in [5.74, 6) is 1.84. The molecule has 5 heteroatoms. The molecule has 1 unspecified atom stereocenters. The molecule has 0 radical (unpaired) electrons. The standard InChI is InChI=1S/C13H22N4O/c1-4-10-11(14-3)15-9-16-12(10)17-7-5-6-13(2,18)8-17/h9,18H,4-8H2,1-3H3,(H,14,15,16). The van der Waals surface area contributed by atoms with Gasteiger partial charge in [-0.3, -0.25) is 0 Å². The molecule has 100 valence electrons. The van der Waals surface area contributed by atoms with Gasteiger partial charge in [0.25, 0.3) is 0 Å². The van der Waals surface area contributed by atoms with Crippen molar-refractivity contribution in [1.82, 2.24) is 9.97 Å². The van der Waals surface area contributed by atoms with E-state index in [9.17, 15) is 5.11 Å². The normalized spacial score (nSPS) is 24.1. The molecule has 0 spiro atoms. The number of hydrogen-bond acceptors (Lipinski definition) is 5. The van der Waals surface area contributed by atoms with Crippen molar-refractivity contribution in [1.29, 1.82) is 0 Å². The second-order valence-electron chi connectivity index (χ2n) is 5.15. The number of aliphatic hydroxyl groups is 1. The molecule has 1 aliphatic rings. The summed E-state index contributed by atoms with van der Waals surface area (Å²) >= 11 is 0. The SMILES string of the molecule is CCc1c(NC)ncnc1N1CCCC(C)(O)C1. The predicted molar refractivity (Wildman–Crippen MR) is 73.0 cm³/mol. The molecule has 0 amide bonds. The van der Waals surface area contributed by atoms with E-state index in [0.717, 1.165) is 43.0 Å². The number of piperidine rings is 1. The summed E-state index contributed by atoms with van der Waals surface area (Å²) in [6.07, 6.45) is 4.32. The van der Waals surface area contributed by atoms with Crippen molar-refractivity contribution in [2.75, 3.05) is 30.4 Å². The lowest BCUT2D eigenvalue weighted by molar-refractivity contribution is 0.0446. The monoisotopic (exact) mass is 250 g/mol. The Kier molecular flexibility index (Phi) is 3.71. The Hall–Kier alpha value is -1.36. The summed E-state index contributed by atoms with van der Waals surface area (Å²) in [6, 6.07) is 0. The molecule has 1 saturated heterocycles. The lowest BCUT2D eigenvalue weighted by Gasteiger charge is -2.38. The number of nitrogens with one attached hydrogen (secondary N) is 1. The van der Waals surface area contributed by atoms with Crippen LogP contribution in [-0.2, 0) is 6.42 Å². The molecule has 1 fully saturated rings. The van der Waals surface area contributed by atoms with Gasteiger partial charge in [-0.2, -0.15) is 0 Å². The molecule has 1 aromatic heterocycles. The number of rotatable bonds is 3. The zero-order chi connectivity index (χ0) is 13.2. The molecule has 5 nitrogen and oxygen atoms in total. The van der Waals surface area contributed by atoms with Crippen molar-refractivity contribution in [3.63, 3.8) is 0 Å². The Morgan fingerprint density at radius 3 is 2.89 bits per heavy atom. The van der Waals surface area contributed by atoms with Crippen LogP contribution in [0, 0.1) is 0 Å². The number of hydrogen-bond donors (Lipinski definition) is 2. The zero-order valence-electron chi connectivity index (χ0n) is 11.4. The average molecular weight is 250 g/mol. The maximum atomic E-state index is 10.2. The Balaban J connectivity index is 2.32. The first-order valence-electron chi connectivity index (χ1n) is 6.56. The highest BCUT2D eigenvalue weighted by molar-refractivity contribution is 5.58. The van der Waals surface area contributed by atoms with Crippen LogP contribution in [0.4, 0.5) is 11.6 Å². The van der Waals surface area contributed by atoms with E-state index in [2.05, 4.69) is 27.1 Å². The van der Waals surface area contributed by atoms with Crippen LogP contribution < -0.4 is 10.2 Å². The molecular formula is C13H22N4O. The van der Waals surface area contributed by atoms with E-state index >= 15 is 0 Å². The average Bonchev–Trinajstić information content (AvgIpc) is 2.36. The van der Waals surface area contributed by atoms with Crippen molar-refractivity contribution in [2.45, 2.75) is 38.7 Å². The van der Waals surface area contributed by atoms with Gasteiger partial charge < -0.3 is 15.3 Å². The molecule has 0 bridgehead atoms. The van der Waals surface area contributed by atoms with Gasteiger partial charge in [-0.1, -0.05) is 6.92 Å². The van der Waals surface area contributed by atoms with Gasteiger partial charge in [-0.25, -0.2) is 9.97 Å². The minimum Gasteiger partial charge on any atom is -0.388 e. The minimum absolute atomic E-state index is 0.617. The maximum absolute atomic E-state index is 10.2. The fraction of sp³-hybridized carbons (Fsp3) is 0.692. The third-order valence-electron chi connectivity index (χ3n) is 3.49. The lowest BCUT2D eigenvalue weighted by atomic mass is 9.95. The Bertz CT molecular complexity index is 419. The quantitative estimate of drug-likeness (QED) is 0.850. The van der Waals surface area contributed by atoms with E-state index in [-0.39, 0.29) is 0 Å². The van der Waals surface area contributed by atoms with Crippen molar-refractivity contribution in [2.24, 2.45) is 0 Å². The topological polar surface area (TPSA) is 61.3 Å². The molecule has 0 saturated carbocycles. The molecule has 0 aliphatic carbocycles. The van der Waals surface area contributed by atoms with Gasteiger partial charge in [0.15, 0.2) is 0 Å². The van der Waals surface area contributed by atoms with Crippen LogP contribution in [0.2, 0.25) is 0 Å². The smallest absolute Gasteiger partial charge is 0.137 e. The molecule has 2 rings (SSSR count). The van der Waals surface area contributed by atoms with Crippen LogP contribution in [0.3, 0.4) is 0 Å². The third kappa shape index (κ3) is 2.56. The van der Waals surface area contributed by atoms with Gasteiger partial charge in [-0.05, 0) is 26.2 Å². The minimum atomic E-state index is -0.617. The molecule has 1 aromatic rings. The first-order valence-corrected chi connectivity index (χ1v) is 6.56. The number of anilines is 2. The van der Waals surface area contributed by atoms with Crippen LogP contribution in [0.15, 0.2) is 6.33 Å². The van der Waals surface area contributed by atoms with Crippen molar-refractivity contribution < 1.29 is 5.11 Å². The van der Waals surface area contributed by atoms with E-state index in [0.29, 0.717) is 6.54 Å². The largest absolute Gasteiger partial charge is 0.388 e. The van der Waals surface area contributed by atoms with Gasteiger partial charge in [0.05, 0.1) is 5.60 Å². The maximum Gasteiger partial charge on any atom is 0.137 e. The van der Waals surface area contributed by atoms with Crippen LogP contribution in [-0.4, -0.2) is 40.8 Å². The fourth-order valence-electron chi connectivity index (χ4n) is 2.62. The third-order valence-corrected chi connectivity index (χ3v) is 3.49. The second kappa shape index (κ2) is 5.10. The molecular weight excluding hydrogens is 228 g/mol. The van der Waals surface area contributed by atoms with Crippen molar-refractivity contribution in [3.05, 3.63) is 11.9 Å². The van der Waals surface area contributed by atoms with E-state index < -0.39 is 5.60 Å². The van der Waals surface area contributed by atoms with Gasteiger partial charge >= 0.3 is 0 Å². The Morgan fingerprint density at radius 2 is 2.28 bits per heavy atom. The van der Waals surface area contributed by atoms with Gasteiger partial charge in [0, 0.05) is 25.7 Å². The summed E-state index contributed by atoms with van der Waals surface area (Å²) in [5.41, 5.74) is 0.506. The molecule has 2 N–H and O–H groups in total. The number of nitrogens with zero attached hydrogens (tertiary/aromatic N) is 3. The highest BCUT2D eigenvalue weighted by Crippen LogP contribution is 2.29. The Labute approximate surface area is 108 Å². The zero-order valence-corrected chi connectivity index (χ0v) is 11.4. The summed E-state index contributed by atoms with van der Waals surface area (Å²) in [7, 11) is 1.87. The van der Waals surface area contributed by atoms with E-state index in [1.807, 2.05) is 14.0 Å². The van der Waals surface area contributed by atoms with E-state index in [1.54, 1.807) is 6.33 Å². The molecule has 0 aromatic carbocycles.